The van der Waals surface area contributed by atoms with Gasteiger partial charge in [0.2, 0.25) is 10.0 Å². The van der Waals surface area contributed by atoms with Crippen LogP contribution in [0.4, 0.5) is 5.69 Å². The van der Waals surface area contributed by atoms with Gasteiger partial charge >= 0.3 is 0 Å². The van der Waals surface area contributed by atoms with Crippen molar-refractivity contribution in [2.24, 2.45) is 0 Å². The summed E-state index contributed by atoms with van der Waals surface area (Å²) in [6.07, 6.45) is 3.44. The zero-order valence-electron chi connectivity index (χ0n) is 10.0. The zero-order chi connectivity index (χ0) is 12.7. The van der Waals surface area contributed by atoms with Gasteiger partial charge in [-0.05, 0) is 30.5 Å². The molecular formula is C12H17NO3S. The maximum atomic E-state index is 11.4. The Morgan fingerprint density at radius 3 is 2.59 bits per heavy atom. The first-order valence-electron chi connectivity index (χ1n) is 5.55. The summed E-state index contributed by atoms with van der Waals surface area (Å²) in [6.45, 7) is 0. The molecule has 1 saturated carbocycles. The molecule has 1 aromatic rings. The minimum absolute atomic E-state index is 0.553. The Morgan fingerprint density at radius 2 is 2.06 bits per heavy atom. The van der Waals surface area contributed by atoms with E-state index in [-0.39, 0.29) is 0 Å². The summed E-state index contributed by atoms with van der Waals surface area (Å²) in [5.74, 6) is 0. The molecule has 1 N–H and O–H groups in total. The van der Waals surface area contributed by atoms with Gasteiger partial charge in [0, 0.05) is 13.5 Å². The summed E-state index contributed by atoms with van der Waals surface area (Å²) in [5, 5.41) is 9.84. The van der Waals surface area contributed by atoms with Crippen LogP contribution in [0, 0.1) is 0 Å². The van der Waals surface area contributed by atoms with Gasteiger partial charge in [0.15, 0.2) is 0 Å². The van der Waals surface area contributed by atoms with Crippen molar-refractivity contribution in [2.45, 2.75) is 24.9 Å². The summed E-state index contributed by atoms with van der Waals surface area (Å²) >= 11 is 0. The van der Waals surface area contributed by atoms with E-state index in [1.54, 1.807) is 6.07 Å². The van der Waals surface area contributed by atoms with Crippen molar-refractivity contribution in [2.75, 3.05) is 17.6 Å². The molecular weight excluding hydrogens is 238 g/mol. The standard InChI is InChI=1S/C12H17NO3S/c1-13(17(2,15)16)11-5-3-4-10(8-11)9-12(14)6-7-12/h3-5,8,14H,6-7,9H2,1-2H3. The summed E-state index contributed by atoms with van der Waals surface area (Å²) < 4.78 is 24.1. The van der Waals surface area contributed by atoms with E-state index in [9.17, 15) is 13.5 Å². The highest BCUT2D eigenvalue weighted by Crippen LogP contribution is 2.38. The van der Waals surface area contributed by atoms with E-state index in [0.29, 0.717) is 12.1 Å². The summed E-state index contributed by atoms with van der Waals surface area (Å²) in [5.41, 5.74) is 1.05. The number of sulfonamides is 1. The normalized spacial score (nSPS) is 17.8. The number of benzene rings is 1. The highest BCUT2D eigenvalue weighted by molar-refractivity contribution is 7.92. The van der Waals surface area contributed by atoms with E-state index in [1.165, 1.54) is 17.6 Å². The Kier molecular flexibility index (Phi) is 2.91. The van der Waals surface area contributed by atoms with Gasteiger partial charge in [0.25, 0.3) is 0 Å². The van der Waals surface area contributed by atoms with Crippen LogP contribution in [0.15, 0.2) is 24.3 Å². The fourth-order valence-electron chi connectivity index (χ4n) is 1.75. The topological polar surface area (TPSA) is 57.6 Å². The molecule has 0 bridgehead atoms. The first-order valence-corrected chi connectivity index (χ1v) is 7.40. The van der Waals surface area contributed by atoms with Crippen molar-refractivity contribution in [3.8, 4) is 0 Å². The average molecular weight is 255 g/mol. The Morgan fingerprint density at radius 1 is 1.41 bits per heavy atom. The lowest BCUT2D eigenvalue weighted by Gasteiger charge is -2.18. The van der Waals surface area contributed by atoms with Crippen LogP contribution in [-0.4, -0.2) is 32.4 Å². The average Bonchev–Trinajstić information content (AvgIpc) is 2.94. The molecule has 1 aliphatic carbocycles. The molecule has 94 valence electrons. The second-order valence-corrected chi connectivity index (χ2v) is 6.82. The first-order chi connectivity index (χ1) is 7.80. The summed E-state index contributed by atoms with van der Waals surface area (Å²) in [4.78, 5) is 0. The zero-order valence-corrected chi connectivity index (χ0v) is 10.9. The maximum absolute atomic E-state index is 11.4. The van der Waals surface area contributed by atoms with Crippen LogP contribution in [0.1, 0.15) is 18.4 Å². The number of hydrogen-bond donors (Lipinski definition) is 1. The van der Waals surface area contributed by atoms with E-state index in [0.717, 1.165) is 18.4 Å². The van der Waals surface area contributed by atoms with Crippen molar-refractivity contribution in [3.05, 3.63) is 29.8 Å². The Labute approximate surface area is 102 Å². The van der Waals surface area contributed by atoms with Crippen molar-refractivity contribution in [1.82, 2.24) is 0 Å². The van der Waals surface area contributed by atoms with Crippen molar-refractivity contribution in [1.29, 1.82) is 0 Å². The number of aliphatic hydroxyl groups is 1. The van der Waals surface area contributed by atoms with Crippen molar-refractivity contribution >= 4 is 15.7 Å². The van der Waals surface area contributed by atoms with Crippen LogP contribution in [0.2, 0.25) is 0 Å². The Balaban J connectivity index is 2.22. The van der Waals surface area contributed by atoms with Crippen LogP contribution in [0.25, 0.3) is 0 Å². The van der Waals surface area contributed by atoms with Gasteiger partial charge in [-0.2, -0.15) is 0 Å². The minimum atomic E-state index is -3.23. The van der Waals surface area contributed by atoms with E-state index in [1.807, 2.05) is 18.2 Å². The molecule has 0 aromatic heterocycles. The monoisotopic (exact) mass is 255 g/mol. The van der Waals surface area contributed by atoms with Gasteiger partial charge in [-0.3, -0.25) is 4.31 Å². The molecule has 1 aliphatic rings. The Bertz CT molecular complexity index is 520. The van der Waals surface area contributed by atoms with Crippen molar-refractivity contribution < 1.29 is 13.5 Å². The molecule has 0 unspecified atom stereocenters. The third-order valence-corrected chi connectivity index (χ3v) is 4.34. The lowest BCUT2D eigenvalue weighted by atomic mass is 10.1. The number of rotatable bonds is 4. The highest BCUT2D eigenvalue weighted by atomic mass is 32.2. The van der Waals surface area contributed by atoms with Gasteiger partial charge in [-0.15, -0.1) is 0 Å². The van der Waals surface area contributed by atoms with E-state index >= 15 is 0 Å². The molecule has 0 atom stereocenters. The van der Waals surface area contributed by atoms with Crippen LogP contribution >= 0.6 is 0 Å². The van der Waals surface area contributed by atoms with E-state index in [4.69, 9.17) is 0 Å². The molecule has 0 saturated heterocycles. The molecule has 1 fully saturated rings. The fourth-order valence-corrected chi connectivity index (χ4v) is 2.25. The molecule has 1 aromatic carbocycles. The van der Waals surface area contributed by atoms with E-state index < -0.39 is 15.6 Å². The van der Waals surface area contributed by atoms with Crippen LogP contribution in [0.5, 0.6) is 0 Å². The predicted octanol–water partition coefficient (Wildman–Crippen LogP) is 1.15. The second kappa shape index (κ2) is 3.99. The smallest absolute Gasteiger partial charge is 0.231 e. The SMILES string of the molecule is CN(c1cccc(CC2(O)CC2)c1)S(C)(=O)=O. The van der Waals surface area contributed by atoms with Gasteiger partial charge < -0.3 is 5.11 Å². The number of hydrogen-bond acceptors (Lipinski definition) is 3. The van der Waals surface area contributed by atoms with Crippen molar-refractivity contribution in [3.63, 3.8) is 0 Å². The van der Waals surface area contributed by atoms with Crippen LogP contribution in [0.3, 0.4) is 0 Å². The third-order valence-electron chi connectivity index (χ3n) is 3.13. The number of anilines is 1. The number of nitrogens with zero attached hydrogens (tertiary/aromatic N) is 1. The second-order valence-electron chi connectivity index (χ2n) is 4.80. The van der Waals surface area contributed by atoms with Gasteiger partial charge in [0.1, 0.15) is 0 Å². The Hall–Kier alpha value is -1.07. The van der Waals surface area contributed by atoms with Crippen LogP contribution in [-0.2, 0) is 16.4 Å². The largest absolute Gasteiger partial charge is 0.390 e. The first kappa shape index (κ1) is 12.4. The van der Waals surface area contributed by atoms with Gasteiger partial charge in [-0.1, -0.05) is 12.1 Å². The third kappa shape index (κ3) is 2.98. The maximum Gasteiger partial charge on any atom is 0.231 e. The quantitative estimate of drug-likeness (QED) is 0.878. The molecule has 4 nitrogen and oxygen atoms in total. The summed E-state index contributed by atoms with van der Waals surface area (Å²) in [7, 11) is -1.70. The highest BCUT2D eigenvalue weighted by Gasteiger charge is 2.40. The molecule has 0 radical (unpaired) electrons. The summed E-state index contributed by atoms with van der Waals surface area (Å²) in [6, 6.07) is 7.30. The van der Waals surface area contributed by atoms with Crippen LogP contribution < -0.4 is 4.31 Å². The predicted molar refractivity (Wildman–Crippen MR) is 67.6 cm³/mol. The lowest BCUT2D eigenvalue weighted by molar-refractivity contribution is 0.151. The molecule has 0 aliphatic heterocycles. The fraction of sp³-hybridized carbons (Fsp3) is 0.500. The molecule has 17 heavy (non-hydrogen) atoms. The van der Waals surface area contributed by atoms with Gasteiger partial charge in [-0.25, -0.2) is 8.42 Å². The molecule has 0 spiro atoms. The molecule has 2 rings (SSSR count). The molecule has 0 amide bonds. The molecule has 0 heterocycles. The van der Waals surface area contributed by atoms with E-state index in [2.05, 4.69) is 0 Å². The molecule has 5 heteroatoms. The minimum Gasteiger partial charge on any atom is -0.390 e. The van der Waals surface area contributed by atoms with Gasteiger partial charge in [0.05, 0.1) is 17.5 Å². The lowest BCUT2D eigenvalue weighted by Crippen LogP contribution is -2.25.